The maximum Gasteiger partial charge on any atom is 0.336 e. The van der Waals surface area contributed by atoms with Gasteiger partial charge in [-0.1, -0.05) is 6.92 Å². The maximum atomic E-state index is 9.58. The van der Waals surface area contributed by atoms with E-state index in [4.69, 9.17) is 8.85 Å². The lowest BCUT2D eigenvalue weighted by Crippen LogP contribution is -2.45. The van der Waals surface area contributed by atoms with Crippen molar-refractivity contribution < 1.29 is 14.0 Å². The zero-order chi connectivity index (χ0) is 12.6. The van der Waals surface area contributed by atoms with Crippen LogP contribution in [0.3, 0.4) is 0 Å². The monoisotopic (exact) mass is 249 g/mol. The first kappa shape index (κ1) is 16.1. The summed E-state index contributed by atoms with van der Waals surface area (Å²) < 4.78 is 11.7. The van der Waals surface area contributed by atoms with Crippen LogP contribution in [0.1, 0.15) is 33.6 Å². The second-order valence-corrected chi connectivity index (χ2v) is 7.51. The summed E-state index contributed by atoms with van der Waals surface area (Å²) in [6.45, 7) is 8.67. The van der Waals surface area contributed by atoms with Gasteiger partial charge in [0, 0.05) is 6.61 Å². The molecule has 0 heterocycles. The molecule has 0 aromatic carbocycles. The number of aliphatic hydroxyl groups is 1. The van der Waals surface area contributed by atoms with E-state index in [-0.39, 0.29) is 12.3 Å². The molecule has 0 fully saturated rings. The fourth-order valence-corrected chi connectivity index (χ4v) is 4.20. The van der Waals surface area contributed by atoms with E-state index in [0.29, 0.717) is 6.61 Å². The molecule has 0 aliphatic carbocycles. The maximum absolute atomic E-state index is 9.58. The Hall–Kier alpha value is 0.0569. The predicted molar refractivity (Wildman–Crippen MR) is 68.6 cm³/mol. The summed E-state index contributed by atoms with van der Waals surface area (Å²) in [6, 6.07) is 0.835. The molecule has 5 heteroatoms. The third-order valence-electron chi connectivity index (χ3n) is 2.69. The minimum atomic E-state index is -2.14. The molecule has 0 amide bonds. The summed E-state index contributed by atoms with van der Waals surface area (Å²) in [5.74, 6) is 0. The number of hydrogen-bond acceptors (Lipinski definition) is 4. The highest BCUT2D eigenvalue weighted by atomic mass is 28.4. The van der Waals surface area contributed by atoms with Crippen molar-refractivity contribution in [3.05, 3.63) is 0 Å². The van der Waals surface area contributed by atoms with Crippen LogP contribution < -0.4 is 5.32 Å². The van der Waals surface area contributed by atoms with Gasteiger partial charge in [-0.25, -0.2) is 0 Å². The molecule has 0 aliphatic heterocycles. The van der Waals surface area contributed by atoms with Gasteiger partial charge >= 0.3 is 8.56 Å². The van der Waals surface area contributed by atoms with E-state index in [9.17, 15) is 5.11 Å². The summed E-state index contributed by atoms with van der Waals surface area (Å²) in [5.41, 5.74) is 0. The van der Waals surface area contributed by atoms with E-state index in [1.165, 1.54) is 0 Å². The van der Waals surface area contributed by atoms with E-state index in [1.807, 2.05) is 27.8 Å². The van der Waals surface area contributed by atoms with E-state index >= 15 is 0 Å². The van der Waals surface area contributed by atoms with E-state index in [0.717, 1.165) is 18.9 Å². The van der Waals surface area contributed by atoms with Gasteiger partial charge in [0.15, 0.2) is 0 Å². The quantitative estimate of drug-likeness (QED) is 0.483. The van der Waals surface area contributed by atoms with Crippen LogP contribution in [-0.4, -0.2) is 39.7 Å². The second kappa shape index (κ2) is 8.19. The van der Waals surface area contributed by atoms with Crippen molar-refractivity contribution >= 4 is 8.56 Å². The Bertz CT molecular complexity index is 183. The summed E-state index contributed by atoms with van der Waals surface area (Å²) in [5, 5.41) is 12.6. The molecule has 98 valence electrons. The Balaban J connectivity index is 4.20. The zero-order valence-electron chi connectivity index (χ0n) is 11.2. The zero-order valence-corrected chi connectivity index (χ0v) is 12.2. The van der Waals surface area contributed by atoms with Crippen molar-refractivity contribution in [3.63, 3.8) is 0 Å². The largest absolute Gasteiger partial charge is 0.395 e. The first-order valence-electron chi connectivity index (χ1n) is 6.14. The molecule has 0 radical (unpaired) electrons. The van der Waals surface area contributed by atoms with Crippen LogP contribution in [-0.2, 0) is 8.85 Å². The highest BCUT2D eigenvalue weighted by molar-refractivity contribution is 6.66. The highest BCUT2D eigenvalue weighted by Gasteiger charge is 2.33. The average molecular weight is 249 g/mol. The third kappa shape index (κ3) is 6.60. The van der Waals surface area contributed by atoms with Gasteiger partial charge in [0.2, 0.25) is 0 Å². The van der Waals surface area contributed by atoms with Gasteiger partial charge < -0.3 is 14.0 Å². The molecule has 0 aromatic heterocycles. The van der Waals surface area contributed by atoms with Crippen molar-refractivity contribution in [1.29, 1.82) is 0 Å². The van der Waals surface area contributed by atoms with Crippen molar-refractivity contribution in [2.45, 2.75) is 58.5 Å². The molecule has 0 spiro atoms. The summed E-state index contributed by atoms with van der Waals surface area (Å²) in [6.07, 6.45) is 1.32. The Morgan fingerprint density at radius 1 is 1.38 bits per heavy atom. The van der Waals surface area contributed by atoms with Crippen molar-refractivity contribution in [2.75, 3.05) is 13.7 Å². The molecule has 4 nitrogen and oxygen atoms in total. The van der Waals surface area contributed by atoms with Crippen LogP contribution >= 0.6 is 0 Å². The SMILES string of the molecule is CCO[Si](C)(CCC(O)CC)OC(C)NC. The molecule has 0 aliphatic rings. The lowest BCUT2D eigenvalue weighted by atomic mass is 10.2. The van der Waals surface area contributed by atoms with Crippen LogP contribution in [0.5, 0.6) is 0 Å². The van der Waals surface area contributed by atoms with Gasteiger partial charge in [0.25, 0.3) is 0 Å². The molecule has 0 rings (SSSR count). The molecule has 0 aromatic rings. The number of hydrogen-bond donors (Lipinski definition) is 2. The molecule has 0 saturated carbocycles. The lowest BCUT2D eigenvalue weighted by Gasteiger charge is -2.30. The summed E-state index contributed by atoms with van der Waals surface area (Å²) >= 11 is 0. The second-order valence-electron chi connectivity index (χ2n) is 4.22. The Morgan fingerprint density at radius 3 is 2.44 bits per heavy atom. The molecular formula is C11H27NO3Si. The van der Waals surface area contributed by atoms with Crippen LogP contribution in [0.25, 0.3) is 0 Å². The van der Waals surface area contributed by atoms with Gasteiger partial charge in [-0.3, -0.25) is 5.32 Å². The van der Waals surface area contributed by atoms with Crippen LogP contribution in [0, 0.1) is 0 Å². The topological polar surface area (TPSA) is 50.7 Å². The Kier molecular flexibility index (Phi) is 8.22. The third-order valence-corrected chi connectivity index (χ3v) is 5.63. The molecular weight excluding hydrogens is 222 g/mol. The Labute approximate surface area is 101 Å². The van der Waals surface area contributed by atoms with Crippen LogP contribution in [0.15, 0.2) is 0 Å². The number of nitrogens with one attached hydrogen (secondary N) is 1. The van der Waals surface area contributed by atoms with E-state index < -0.39 is 8.56 Å². The molecule has 16 heavy (non-hydrogen) atoms. The van der Waals surface area contributed by atoms with Gasteiger partial charge in [0.05, 0.1) is 12.3 Å². The number of rotatable bonds is 9. The minimum absolute atomic E-state index is 0.00184. The van der Waals surface area contributed by atoms with Crippen LogP contribution in [0.4, 0.5) is 0 Å². The van der Waals surface area contributed by atoms with Crippen molar-refractivity contribution in [1.82, 2.24) is 5.32 Å². The Morgan fingerprint density at radius 2 is 2.00 bits per heavy atom. The first-order valence-corrected chi connectivity index (χ1v) is 8.66. The molecule has 0 saturated heterocycles. The predicted octanol–water partition coefficient (Wildman–Crippen LogP) is 1.84. The first-order chi connectivity index (χ1) is 7.47. The summed E-state index contributed by atoms with van der Waals surface area (Å²) in [4.78, 5) is 0. The van der Waals surface area contributed by atoms with Gasteiger partial charge in [0.1, 0.15) is 0 Å². The fraction of sp³-hybridized carbons (Fsp3) is 1.00. The smallest absolute Gasteiger partial charge is 0.336 e. The molecule has 3 atom stereocenters. The average Bonchev–Trinajstić information content (AvgIpc) is 2.26. The molecule has 3 unspecified atom stereocenters. The molecule has 0 bridgehead atoms. The lowest BCUT2D eigenvalue weighted by molar-refractivity contribution is 0.106. The highest BCUT2D eigenvalue weighted by Crippen LogP contribution is 2.19. The van der Waals surface area contributed by atoms with E-state index in [2.05, 4.69) is 11.9 Å². The van der Waals surface area contributed by atoms with Crippen LogP contribution in [0.2, 0.25) is 12.6 Å². The van der Waals surface area contributed by atoms with Gasteiger partial charge in [-0.15, -0.1) is 0 Å². The van der Waals surface area contributed by atoms with Crippen molar-refractivity contribution in [3.8, 4) is 0 Å². The minimum Gasteiger partial charge on any atom is -0.395 e. The fourth-order valence-electron chi connectivity index (χ4n) is 1.54. The normalized spacial score (nSPS) is 19.1. The molecule has 2 N–H and O–H groups in total. The van der Waals surface area contributed by atoms with Crippen molar-refractivity contribution in [2.24, 2.45) is 0 Å². The van der Waals surface area contributed by atoms with Gasteiger partial charge in [-0.05, 0) is 46.3 Å². The van der Waals surface area contributed by atoms with Gasteiger partial charge in [-0.2, -0.15) is 0 Å². The number of aliphatic hydroxyl groups excluding tert-OH is 1. The van der Waals surface area contributed by atoms with E-state index in [1.54, 1.807) is 0 Å². The summed E-state index contributed by atoms with van der Waals surface area (Å²) in [7, 11) is -0.268. The standard InChI is InChI=1S/C11H27NO3Si/c1-6-11(13)8-9-16(5,14-7-2)15-10(3)12-4/h10-13H,6-9H2,1-5H3.